The number of hydrogen-bond donors (Lipinski definition) is 1. The van der Waals surface area contributed by atoms with Crippen LogP contribution < -0.4 is 5.32 Å². The molecule has 2 unspecified atom stereocenters. The monoisotopic (exact) mass is 344 g/mol. The molecule has 2 atom stereocenters. The molecule has 0 spiro atoms. The van der Waals surface area contributed by atoms with Crippen molar-refractivity contribution >= 4 is 15.9 Å². The summed E-state index contributed by atoms with van der Waals surface area (Å²) < 4.78 is 45.0. The van der Waals surface area contributed by atoms with Gasteiger partial charge in [0.05, 0.1) is 23.5 Å². The van der Waals surface area contributed by atoms with Crippen LogP contribution in [0.15, 0.2) is 24.3 Å². The number of benzene rings is 1. The Balaban J connectivity index is 1.90. The van der Waals surface area contributed by atoms with Gasteiger partial charge in [-0.1, -0.05) is 12.1 Å². The van der Waals surface area contributed by atoms with Crippen LogP contribution in [0.5, 0.6) is 0 Å². The Morgan fingerprint density at radius 2 is 1.91 bits per heavy atom. The van der Waals surface area contributed by atoms with E-state index in [4.69, 9.17) is 4.74 Å². The average molecular weight is 344 g/mol. The largest absolute Gasteiger partial charge is 0.373 e. The molecule has 1 fully saturated rings. The van der Waals surface area contributed by atoms with Crippen molar-refractivity contribution in [2.45, 2.75) is 26.1 Å². The molecule has 0 bridgehead atoms. The minimum Gasteiger partial charge on any atom is -0.373 e. The molecule has 2 rings (SSSR count). The zero-order valence-electron chi connectivity index (χ0n) is 13.2. The van der Waals surface area contributed by atoms with E-state index in [1.54, 1.807) is 6.07 Å². The van der Waals surface area contributed by atoms with Crippen molar-refractivity contribution in [2.75, 3.05) is 25.4 Å². The third kappa shape index (κ3) is 4.73. The molecule has 0 saturated carbocycles. The lowest BCUT2D eigenvalue weighted by atomic mass is 10.2. The fraction of sp³-hybridized carbons (Fsp3) is 0.533. The zero-order valence-corrected chi connectivity index (χ0v) is 14.0. The second kappa shape index (κ2) is 7.37. The van der Waals surface area contributed by atoms with Crippen molar-refractivity contribution in [3.63, 3.8) is 0 Å². The van der Waals surface area contributed by atoms with Crippen LogP contribution in [0.2, 0.25) is 0 Å². The molecule has 23 heavy (non-hydrogen) atoms. The summed E-state index contributed by atoms with van der Waals surface area (Å²) in [6.07, 6.45) is -0.330. The molecule has 1 aromatic carbocycles. The average Bonchev–Trinajstić information content (AvgIpc) is 2.46. The van der Waals surface area contributed by atoms with Crippen LogP contribution in [0, 0.1) is 5.82 Å². The van der Waals surface area contributed by atoms with Gasteiger partial charge < -0.3 is 10.1 Å². The van der Waals surface area contributed by atoms with Gasteiger partial charge in [0.15, 0.2) is 0 Å². The van der Waals surface area contributed by atoms with Crippen molar-refractivity contribution < 1.29 is 22.3 Å². The fourth-order valence-electron chi connectivity index (χ4n) is 2.52. The summed E-state index contributed by atoms with van der Waals surface area (Å²) in [5, 5.41) is 2.44. The molecule has 1 saturated heterocycles. The number of hydrogen-bond acceptors (Lipinski definition) is 4. The molecular weight excluding hydrogens is 323 g/mol. The molecule has 1 aromatic rings. The van der Waals surface area contributed by atoms with E-state index in [9.17, 15) is 17.6 Å². The number of nitrogens with one attached hydrogen (secondary N) is 1. The lowest BCUT2D eigenvalue weighted by molar-refractivity contribution is -0.0440. The first-order valence-corrected chi connectivity index (χ1v) is 9.06. The van der Waals surface area contributed by atoms with Crippen molar-refractivity contribution in [3.05, 3.63) is 35.6 Å². The summed E-state index contributed by atoms with van der Waals surface area (Å²) in [4.78, 5) is 11.9. The Morgan fingerprint density at radius 3 is 2.52 bits per heavy atom. The maximum absolute atomic E-state index is 13.5. The number of halogens is 1. The van der Waals surface area contributed by atoms with Gasteiger partial charge in [-0.3, -0.25) is 4.79 Å². The Hall–Kier alpha value is -1.51. The van der Waals surface area contributed by atoms with Crippen LogP contribution in [-0.4, -0.2) is 56.2 Å². The number of rotatable bonds is 5. The standard InChI is InChI=1S/C15H21FN2O4S/c1-11-9-18(10-12(2)22-11)23(20,21)8-7-17-15(19)13-5-3-4-6-14(13)16/h3-6,11-12H,7-10H2,1-2H3,(H,17,19). The first-order valence-electron chi connectivity index (χ1n) is 7.45. The molecule has 1 amide bonds. The Morgan fingerprint density at radius 1 is 1.30 bits per heavy atom. The van der Waals surface area contributed by atoms with Crippen molar-refractivity contribution in [2.24, 2.45) is 0 Å². The zero-order chi connectivity index (χ0) is 17.0. The van der Waals surface area contributed by atoms with Crippen LogP contribution in [0.25, 0.3) is 0 Å². The molecule has 0 aliphatic carbocycles. The molecule has 0 radical (unpaired) electrons. The van der Waals surface area contributed by atoms with Crippen molar-refractivity contribution in [3.8, 4) is 0 Å². The number of carbonyl (C=O) groups is 1. The third-order valence-corrected chi connectivity index (χ3v) is 5.35. The molecule has 1 aliphatic heterocycles. The van der Waals surface area contributed by atoms with Gasteiger partial charge >= 0.3 is 0 Å². The van der Waals surface area contributed by atoms with Gasteiger partial charge in [0, 0.05) is 19.6 Å². The minimum absolute atomic E-state index is 0.0738. The highest BCUT2D eigenvalue weighted by atomic mass is 32.2. The van der Waals surface area contributed by atoms with Crippen LogP contribution >= 0.6 is 0 Å². The quantitative estimate of drug-likeness (QED) is 0.864. The number of amides is 1. The van der Waals surface area contributed by atoms with Gasteiger partial charge in [-0.15, -0.1) is 0 Å². The predicted octanol–water partition coefficient (Wildman–Crippen LogP) is 0.994. The van der Waals surface area contributed by atoms with Crippen molar-refractivity contribution in [1.82, 2.24) is 9.62 Å². The number of ether oxygens (including phenoxy) is 1. The van der Waals surface area contributed by atoms with Crippen LogP contribution in [0.3, 0.4) is 0 Å². The molecule has 0 aromatic heterocycles. The van der Waals surface area contributed by atoms with E-state index in [-0.39, 0.29) is 30.1 Å². The summed E-state index contributed by atoms with van der Waals surface area (Å²) in [5.41, 5.74) is -0.0986. The smallest absolute Gasteiger partial charge is 0.254 e. The number of morpholine rings is 1. The summed E-state index contributed by atoms with van der Waals surface area (Å²) in [5.74, 6) is -1.49. The number of sulfonamides is 1. The van der Waals surface area contributed by atoms with E-state index in [1.807, 2.05) is 13.8 Å². The van der Waals surface area contributed by atoms with Crippen LogP contribution in [0.1, 0.15) is 24.2 Å². The van der Waals surface area contributed by atoms with E-state index >= 15 is 0 Å². The predicted molar refractivity (Wildman–Crippen MR) is 84.1 cm³/mol. The molecular formula is C15H21FN2O4S. The van der Waals surface area contributed by atoms with Gasteiger partial charge in [0.2, 0.25) is 10.0 Å². The van der Waals surface area contributed by atoms with Gasteiger partial charge in [0.25, 0.3) is 5.91 Å². The molecule has 8 heteroatoms. The second-order valence-electron chi connectivity index (χ2n) is 5.63. The maximum Gasteiger partial charge on any atom is 0.254 e. The highest BCUT2D eigenvalue weighted by Gasteiger charge is 2.30. The first-order chi connectivity index (χ1) is 10.8. The Kier molecular flexibility index (Phi) is 5.72. The van der Waals surface area contributed by atoms with Gasteiger partial charge in [-0.05, 0) is 26.0 Å². The topological polar surface area (TPSA) is 75.7 Å². The summed E-state index contributed by atoms with van der Waals surface area (Å²) in [7, 11) is -3.49. The summed E-state index contributed by atoms with van der Waals surface area (Å²) in [6.45, 7) is 4.16. The van der Waals surface area contributed by atoms with Crippen LogP contribution in [0.4, 0.5) is 4.39 Å². The first kappa shape index (κ1) is 17.8. The minimum atomic E-state index is -3.49. The van der Waals surface area contributed by atoms with E-state index in [1.165, 1.54) is 22.5 Å². The summed E-state index contributed by atoms with van der Waals surface area (Å²) >= 11 is 0. The normalized spacial score (nSPS) is 22.7. The Labute approximate surface area is 135 Å². The molecule has 6 nitrogen and oxygen atoms in total. The van der Waals surface area contributed by atoms with E-state index in [0.29, 0.717) is 13.1 Å². The fourth-order valence-corrected chi connectivity index (χ4v) is 4.01. The molecule has 1 N–H and O–H groups in total. The van der Waals surface area contributed by atoms with E-state index in [0.717, 1.165) is 0 Å². The summed E-state index contributed by atoms with van der Waals surface area (Å²) in [6, 6.07) is 5.56. The van der Waals surface area contributed by atoms with Gasteiger partial charge in [-0.2, -0.15) is 4.31 Å². The lowest BCUT2D eigenvalue weighted by Crippen LogP contribution is -2.49. The molecule has 1 heterocycles. The highest BCUT2D eigenvalue weighted by Crippen LogP contribution is 2.14. The highest BCUT2D eigenvalue weighted by molar-refractivity contribution is 7.89. The van der Waals surface area contributed by atoms with Crippen molar-refractivity contribution in [1.29, 1.82) is 0 Å². The van der Waals surface area contributed by atoms with Gasteiger partial charge in [0.1, 0.15) is 5.82 Å². The molecule has 128 valence electrons. The SMILES string of the molecule is CC1CN(S(=O)(=O)CCNC(=O)c2ccccc2F)CC(C)O1. The Bertz CT molecular complexity index is 655. The molecule has 1 aliphatic rings. The third-order valence-electron chi connectivity index (χ3n) is 3.54. The van der Waals surface area contributed by atoms with E-state index in [2.05, 4.69) is 5.32 Å². The maximum atomic E-state index is 13.5. The number of nitrogens with zero attached hydrogens (tertiary/aromatic N) is 1. The second-order valence-corrected chi connectivity index (χ2v) is 7.71. The van der Waals surface area contributed by atoms with Crippen LogP contribution in [-0.2, 0) is 14.8 Å². The lowest BCUT2D eigenvalue weighted by Gasteiger charge is -2.34. The van der Waals surface area contributed by atoms with Gasteiger partial charge in [-0.25, -0.2) is 12.8 Å². The number of carbonyl (C=O) groups excluding carboxylic acids is 1. The van der Waals surface area contributed by atoms with E-state index < -0.39 is 21.7 Å².